The first-order chi connectivity index (χ1) is 8.49. The molecule has 1 saturated heterocycles. The van der Waals surface area contributed by atoms with Crippen molar-refractivity contribution < 1.29 is 0 Å². The Hall–Kier alpha value is -1.13. The Kier molecular flexibility index (Phi) is 3.88. The molecule has 1 aliphatic rings. The first kappa shape index (κ1) is 13.3. The molecule has 100 valence electrons. The zero-order valence-electron chi connectivity index (χ0n) is 11.8. The molecule has 1 aromatic heterocycles. The van der Waals surface area contributed by atoms with Gasteiger partial charge in [0, 0.05) is 37.4 Å². The summed E-state index contributed by atoms with van der Waals surface area (Å²) in [6, 6.07) is 5.34. The van der Waals surface area contributed by atoms with Crippen molar-refractivity contribution in [3.05, 3.63) is 23.9 Å². The monoisotopic (exact) mass is 248 g/mol. The molecule has 0 spiro atoms. The van der Waals surface area contributed by atoms with Crippen LogP contribution >= 0.6 is 0 Å². The molecule has 1 aliphatic heterocycles. The Labute approximate surface area is 110 Å². The average molecular weight is 248 g/mol. The predicted molar refractivity (Wildman–Crippen MR) is 75.7 cm³/mol. The number of hydrogen-bond donors (Lipinski definition) is 1. The van der Waals surface area contributed by atoms with Crippen LogP contribution in [0.1, 0.15) is 32.4 Å². The van der Waals surface area contributed by atoms with Gasteiger partial charge in [-0.25, -0.2) is 4.98 Å². The lowest BCUT2D eigenvalue weighted by atomic mass is 10.1. The minimum atomic E-state index is 0.0527. The van der Waals surface area contributed by atoms with E-state index in [9.17, 15) is 0 Å². The van der Waals surface area contributed by atoms with E-state index in [1.54, 1.807) is 0 Å². The van der Waals surface area contributed by atoms with E-state index in [0.29, 0.717) is 12.1 Å². The SMILES string of the molecule is CC(N)c1ccc(N2CC(C)N(C)C(C)C2)nc1. The van der Waals surface area contributed by atoms with Crippen LogP contribution in [0.5, 0.6) is 0 Å². The van der Waals surface area contributed by atoms with Crippen LogP contribution in [0.25, 0.3) is 0 Å². The van der Waals surface area contributed by atoms with E-state index in [4.69, 9.17) is 5.73 Å². The Morgan fingerprint density at radius 3 is 2.33 bits per heavy atom. The Morgan fingerprint density at radius 1 is 1.28 bits per heavy atom. The molecule has 1 fully saturated rings. The van der Waals surface area contributed by atoms with Crippen LogP contribution in [0, 0.1) is 0 Å². The fraction of sp³-hybridized carbons (Fsp3) is 0.643. The van der Waals surface area contributed by atoms with Crippen LogP contribution in [0.15, 0.2) is 18.3 Å². The van der Waals surface area contributed by atoms with Crippen LogP contribution in [0.4, 0.5) is 5.82 Å². The summed E-state index contributed by atoms with van der Waals surface area (Å²) in [7, 11) is 2.19. The predicted octanol–water partition coefficient (Wildman–Crippen LogP) is 1.63. The summed E-state index contributed by atoms with van der Waals surface area (Å²) in [6.07, 6.45) is 1.90. The summed E-state index contributed by atoms with van der Waals surface area (Å²) >= 11 is 0. The van der Waals surface area contributed by atoms with Crippen LogP contribution in [-0.2, 0) is 0 Å². The van der Waals surface area contributed by atoms with Crippen molar-refractivity contribution >= 4 is 5.82 Å². The molecular formula is C14H24N4. The molecule has 2 rings (SSSR count). The van der Waals surface area contributed by atoms with E-state index in [0.717, 1.165) is 24.5 Å². The van der Waals surface area contributed by atoms with E-state index in [1.165, 1.54) is 0 Å². The molecule has 2 N–H and O–H groups in total. The fourth-order valence-electron chi connectivity index (χ4n) is 2.45. The highest BCUT2D eigenvalue weighted by atomic mass is 15.3. The summed E-state index contributed by atoms with van der Waals surface area (Å²) < 4.78 is 0. The first-order valence-corrected chi connectivity index (χ1v) is 6.67. The van der Waals surface area contributed by atoms with Crippen molar-refractivity contribution in [1.29, 1.82) is 0 Å². The summed E-state index contributed by atoms with van der Waals surface area (Å²) in [6.45, 7) is 8.57. The number of likely N-dealkylation sites (N-methyl/N-ethyl adjacent to an activating group) is 1. The number of aromatic nitrogens is 1. The lowest BCUT2D eigenvalue weighted by molar-refractivity contribution is 0.169. The van der Waals surface area contributed by atoms with Crippen molar-refractivity contribution in [3.8, 4) is 0 Å². The summed E-state index contributed by atoms with van der Waals surface area (Å²) in [5, 5.41) is 0. The molecular weight excluding hydrogens is 224 g/mol. The summed E-state index contributed by atoms with van der Waals surface area (Å²) in [4.78, 5) is 9.33. The molecule has 4 nitrogen and oxygen atoms in total. The molecule has 4 heteroatoms. The van der Waals surface area contributed by atoms with Crippen molar-refractivity contribution in [3.63, 3.8) is 0 Å². The summed E-state index contributed by atoms with van der Waals surface area (Å²) in [5.41, 5.74) is 6.94. The van der Waals surface area contributed by atoms with Gasteiger partial charge in [0.05, 0.1) is 0 Å². The van der Waals surface area contributed by atoms with Gasteiger partial charge in [0.2, 0.25) is 0 Å². The lowest BCUT2D eigenvalue weighted by Crippen LogP contribution is -2.55. The minimum Gasteiger partial charge on any atom is -0.354 e. The van der Waals surface area contributed by atoms with E-state index < -0.39 is 0 Å². The molecule has 0 amide bonds. The molecule has 0 saturated carbocycles. The van der Waals surface area contributed by atoms with Crippen LogP contribution in [-0.4, -0.2) is 42.1 Å². The number of nitrogens with two attached hydrogens (primary N) is 1. The highest BCUT2D eigenvalue weighted by molar-refractivity contribution is 5.41. The third kappa shape index (κ3) is 2.65. The van der Waals surface area contributed by atoms with Crippen LogP contribution in [0.3, 0.4) is 0 Å². The van der Waals surface area contributed by atoms with Gasteiger partial charge < -0.3 is 10.6 Å². The minimum absolute atomic E-state index is 0.0527. The number of rotatable bonds is 2. The molecule has 3 atom stereocenters. The Morgan fingerprint density at radius 2 is 1.89 bits per heavy atom. The van der Waals surface area contributed by atoms with Gasteiger partial charge in [-0.05, 0) is 39.4 Å². The molecule has 18 heavy (non-hydrogen) atoms. The Bertz CT molecular complexity index is 375. The zero-order valence-corrected chi connectivity index (χ0v) is 11.8. The van der Waals surface area contributed by atoms with Gasteiger partial charge in [0.1, 0.15) is 5.82 Å². The molecule has 2 heterocycles. The normalized spacial score (nSPS) is 27.3. The van der Waals surface area contributed by atoms with Crippen molar-refractivity contribution in [2.45, 2.75) is 38.9 Å². The number of anilines is 1. The fourth-order valence-corrected chi connectivity index (χ4v) is 2.45. The van der Waals surface area contributed by atoms with E-state index in [2.05, 4.69) is 47.8 Å². The molecule has 3 unspecified atom stereocenters. The van der Waals surface area contributed by atoms with Crippen molar-refractivity contribution in [1.82, 2.24) is 9.88 Å². The topological polar surface area (TPSA) is 45.4 Å². The van der Waals surface area contributed by atoms with Gasteiger partial charge in [-0.15, -0.1) is 0 Å². The zero-order chi connectivity index (χ0) is 13.3. The van der Waals surface area contributed by atoms with Gasteiger partial charge >= 0.3 is 0 Å². The maximum absolute atomic E-state index is 5.84. The second-order valence-electron chi connectivity index (χ2n) is 5.51. The smallest absolute Gasteiger partial charge is 0.128 e. The maximum Gasteiger partial charge on any atom is 0.128 e. The molecule has 0 radical (unpaired) electrons. The molecule has 0 aromatic carbocycles. The van der Waals surface area contributed by atoms with Gasteiger partial charge in [0.15, 0.2) is 0 Å². The van der Waals surface area contributed by atoms with E-state index >= 15 is 0 Å². The van der Waals surface area contributed by atoms with Crippen molar-refractivity contribution in [2.75, 3.05) is 25.0 Å². The van der Waals surface area contributed by atoms with Gasteiger partial charge in [-0.2, -0.15) is 0 Å². The van der Waals surface area contributed by atoms with E-state index in [-0.39, 0.29) is 6.04 Å². The van der Waals surface area contributed by atoms with Crippen LogP contribution < -0.4 is 10.6 Å². The van der Waals surface area contributed by atoms with Crippen LogP contribution in [0.2, 0.25) is 0 Å². The van der Waals surface area contributed by atoms with E-state index in [1.807, 2.05) is 13.1 Å². The first-order valence-electron chi connectivity index (χ1n) is 6.67. The third-order valence-corrected chi connectivity index (χ3v) is 3.98. The van der Waals surface area contributed by atoms with Crippen molar-refractivity contribution in [2.24, 2.45) is 5.73 Å². The standard InChI is InChI=1S/C14H24N4/c1-10-8-18(9-11(2)17(10)4)14-6-5-13(7-16-14)12(3)15/h5-7,10-12H,8-9,15H2,1-4H3. The lowest BCUT2D eigenvalue weighted by Gasteiger charge is -2.43. The number of hydrogen-bond acceptors (Lipinski definition) is 4. The second kappa shape index (κ2) is 5.24. The molecule has 1 aromatic rings. The summed E-state index contributed by atoms with van der Waals surface area (Å²) in [5.74, 6) is 1.06. The highest BCUT2D eigenvalue weighted by Crippen LogP contribution is 2.20. The maximum atomic E-state index is 5.84. The molecule has 0 aliphatic carbocycles. The molecule has 0 bridgehead atoms. The number of piperazine rings is 1. The second-order valence-corrected chi connectivity index (χ2v) is 5.51. The Balaban J connectivity index is 2.12. The van der Waals surface area contributed by atoms with Gasteiger partial charge in [-0.3, -0.25) is 4.90 Å². The average Bonchev–Trinajstić information content (AvgIpc) is 2.35. The van der Waals surface area contributed by atoms with Gasteiger partial charge in [0.25, 0.3) is 0 Å². The number of pyridine rings is 1. The highest BCUT2D eigenvalue weighted by Gasteiger charge is 2.26. The largest absolute Gasteiger partial charge is 0.354 e. The number of nitrogens with zero attached hydrogens (tertiary/aromatic N) is 3. The quantitative estimate of drug-likeness (QED) is 0.864. The third-order valence-electron chi connectivity index (χ3n) is 3.98. The van der Waals surface area contributed by atoms with Gasteiger partial charge in [-0.1, -0.05) is 6.07 Å².